The predicted octanol–water partition coefficient (Wildman–Crippen LogP) is 2.59. The first kappa shape index (κ1) is 17.6. The van der Waals surface area contributed by atoms with Crippen LogP contribution >= 0.6 is 11.3 Å². The summed E-state index contributed by atoms with van der Waals surface area (Å²) in [6, 6.07) is 7.51. The van der Waals surface area contributed by atoms with Crippen molar-refractivity contribution < 1.29 is 14.6 Å². The topological polar surface area (TPSA) is 71.5 Å². The van der Waals surface area contributed by atoms with Gasteiger partial charge in [0.2, 0.25) is 5.91 Å². The molecule has 23 heavy (non-hydrogen) atoms. The van der Waals surface area contributed by atoms with Crippen molar-refractivity contribution in [2.45, 2.75) is 39.5 Å². The number of aliphatic hydroxyl groups excluding tert-OH is 1. The minimum atomic E-state index is -0.0846. The predicted molar refractivity (Wildman–Crippen MR) is 90.1 cm³/mol. The van der Waals surface area contributed by atoms with E-state index in [2.05, 4.69) is 10.3 Å². The van der Waals surface area contributed by atoms with Gasteiger partial charge in [0.25, 0.3) is 0 Å². The second-order valence-corrected chi connectivity index (χ2v) is 6.04. The molecule has 0 aliphatic heterocycles. The lowest BCUT2D eigenvalue weighted by Gasteiger charge is -2.08. The fourth-order valence-corrected chi connectivity index (χ4v) is 3.04. The molecule has 1 amide bonds. The average molecular weight is 334 g/mol. The number of aromatic nitrogens is 1. The minimum absolute atomic E-state index is 0.0309. The maximum absolute atomic E-state index is 12.1. The van der Waals surface area contributed by atoms with Gasteiger partial charge in [-0.15, -0.1) is 11.3 Å². The van der Waals surface area contributed by atoms with Gasteiger partial charge < -0.3 is 15.2 Å². The summed E-state index contributed by atoms with van der Waals surface area (Å²) in [5.74, 6) is -0.0846. The van der Waals surface area contributed by atoms with E-state index < -0.39 is 0 Å². The third-order valence-electron chi connectivity index (χ3n) is 3.44. The number of thiazole rings is 1. The molecule has 1 heterocycles. The Morgan fingerprint density at radius 2 is 2.13 bits per heavy atom. The van der Waals surface area contributed by atoms with E-state index in [-0.39, 0.29) is 25.0 Å². The van der Waals surface area contributed by atoms with Gasteiger partial charge >= 0.3 is 0 Å². The highest BCUT2D eigenvalue weighted by Gasteiger charge is 2.12. The zero-order chi connectivity index (χ0) is 16.7. The van der Waals surface area contributed by atoms with Gasteiger partial charge in [0.05, 0.1) is 18.7 Å². The van der Waals surface area contributed by atoms with E-state index >= 15 is 0 Å². The van der Waals surface area contributed by atoms with Crippen LogP contribution in [0.3, 0.4) is 0 Å². The second kappa shape index (κ2) is 8.76. The first-order valence-electron chi connectivity index (χ1n) is 7.64. The number of aliphatic hydroxyl groups is 1. The van der Waals surface area contributed by atoms with E-state index in [1.54, 1.807) is 0 Å². The van der Waals surface area contributed by atoms with Gasteiger partial charge in [0.15, 0.2) is 0 Å². The molecule has 1 aromatic carbocycles. The third-order valence-corrected chi connectivity index (χ3v) is 4.49. The highest BCUT2D eigenvalue weighted by molar-refractivity contribution is 7.09. The summed E-state index contributed by atoms with van der Waals surface area (Å²) in [6.45, 7) is 4.92. The SMILES string of the molecule is CCOC(C)c1nc(CC(=O)NCc2ccccc2CO)cs1. The number of hydrogen-bond acceptors (Lipinski definition) is 5. The molecule has 124 valence electrons. The molecule has 6 heteroatoms. The fourth-order valence-electron chi connectivity index (χ4n) is 2.22. The summed E-state index contributed by atoms with van der Waals surface area (Å²) in [4.78, 5) is 16.5. The number of nitrogens with one attached hydrogen (secondary N) is 1. The van der Waals surface area contributed by atoms with Crippen LogP contribution in [-0.2, 0) is 29.1 Å². The zero-order valence-corrected chi connectivity index (χ0v) is 14.2. The van der Waals surface area contributed by atoms with E-state index in [0.29, 0.717) is 13.2 Å². The molecule has 0 radical (unpaired) electrons. The molecule has 0 bridgehead atoms. The molecular formula is C17H22N2O3S. The van der Waals surface area contributed by atoms with Crippen molar-refractivity contribution in [3.05, 3.63) is 51.5 Å². The molecule has 0 saturated carbocycles. The van der Waals surface area contributed by atoms with Crippen molar-refractivity contribution >= 4 is 17.2 Å². The highest BCUT2D eigenvalue weighted by Crippen LogP contribution is 2.21. The molecular weight excluding hydrogens is 312 g/mol. The first-order valence-corrected chi connectivity index (χ1v) is 8.52. The van der Waals surface area contributed by atoms with E-state index in [0.717, 1.165) is 21.8 Å². The van der Waals surface area contributed by atoms with Crippen LogP contribution in [0.1, 0.15) is 41.8 Å². The lowest BCUT2D eigenvalue weighted by Crippen LogP contribution is -2.25. The Balaban J connectivity index is 1.87. The largest absolute Gasteiger partial charge is 0.392 e. The molecule has 1 atom stereocenters. The quantitative estimate of drug-likeness (QED) is 0.778. The lowest BCUT2D eigenvalue weighted by atomic mass is 10.1. The second-order valence-electron chi connectivity index (χ2n) is 5.15. The number of carbonyl (C=O) groups excluding carboxylic acids is 1. The molecule has 2 N–H and O–H groups in total. The fraction of sp³-hybridized carbons (Fsp3) is 0.412. The van der Waals surface area contributed by atoms with Crippen LogP contribution in [-0.4, -0.2) is 22.6 Å². The van der Waals surface area contributed by atoms with Gasteiger partial charge in [0.1, 0.15) is 11.1 Å². The molecule has 1 unspecified atom stereocenters. The van der Waals surface area contributed by atoms with Crippen LogP contribution in [0.15, 0.2) is 29.6 Å². The molecule has 2 aromatic rings. The molecule has 0 spiro atoms. The maximum Gasteiger partial charge on any atom is 0.226 e. The molecule has 5 nitrogen and oxygen atoms in total. The van der Waals surface area contributed by atoms with Crippen molar-refractivity contribution in [3.8, 4) is 0 Å². The number of ether oxygens (including phenoxy) is 1. The first-order chi connectivity index (χ1) is 11.1. The van der Waals surface area contributed by atoms with Crippen LogP contribution in [0.2, 0.25) is 0 Å². The van der Waals surface area contributed by atoms with Crippen LogP contribution in [0.5, 0.6) is 0 Å². The Labute approximate surface area is 140 Å². The van der Waals surface area contributed by atoms with Crippen molar-refractivity contribution in [3.63, 3.8) is 0 Å². The van der Waals surface area contributed by atoms with Crippen LogP contribution < -0.4 is 5.32 Å². The van der Waals surface area contributed by atoms with Gasteiger partial charge in [-0.05, 0) is 25.0 Å². The monoisotopic (exact) mass is 334 g/mol. The van der Waals surface area contributed by atoms with E-state index in [4.69, 9.17) is 4.74 Å². The number of carbonyl (C=O) groups is 1. The summed E-state index contributed by atoms with van der Waals surface area (Å²) >= 11 is 1.51. The minimum Gasteiger partial charge on any atom is -0.392 e. The summed E-state index contributed by atoms with van der Waals surface area (Å²) in [5, 5.41) is 14.9. The van der Waals surface area contributed by atoms with Gasteiger partial charge in [-0.1, -0.05) is 24.3 Å². The van der Waals surface area contributed by atoms with Crippen molar-refractivity contribution in [1.29, 1.82) is 0 Å². The molecule has 1 aromatic heterocycles. The molecule has 0 saturated heterocycles. The molecule has 0 aliphatic rings. The Kier molecular flexibility index (Phi) is 6.70. The standard InChI is InChI=1S/C17H22N2O3S/c1-3-22-12(2)17-19-15(11-23-17)8-16(21)18-9-13-6-4-5-7-14(13)10-20/h4-7,11-12,20H,3,8-10H2,1-2H3,(H,18,21). The van der Waals surface area contributed by atoms with Gasteiger partial charge in [0, 0.05) is 18.5 Å². The number of hydrogen-bond donors (Lipinski definition) is 2. The van der Waals surface area contributed by atoms with Crippen molar-refractivity contribution in [2.75, 3.05) is 6.61 Å². The van der Waals surface area contributed by atoms with E-state index in [1.165, 1.54) is 11.3 Å². The van der Waals surface area contributed by atoms with Crippen molar-refractivity contribution in [1.82, 2.24) is 10.3 Å². The summed E-state index contributed by atoms with van der Waals surface area (Å²) < 4.78 is 5.50. The van der Waals surface area contributed by atoms with Crippen molar-refractivity contribution in [2.24, 2.45) is 0 Å². The summed E-state index contributed by atoms with van der Waals surface area (Å²) in [6.07, 6.45) is 0.203. The van der Waals surface area contributed by atoms with Gasteiger partial charge in [-0.2, -0.15) is 0 Å². The van der Waals surface area contributed by atoms with Crippen LogP contribution in [0, 0.1) is 0 Å². The summed E-state index contributed by atoms with van der Waals surface area (Å²) in [5.41, 5.74) is 2.51. The molecule has 0 fully saturated rings. The zero-order valence-electron chi connectivity index (χ0n) is 13.4. The number of amides is 1. The highest BCUT2D eigenvalue weighted by atomic mass is 32.1. The van der Waals surface area contributed by atoms with E-state index in [9.17, 15) is 9.90 Å². The van der Waals surface area contributed by atoms with Crippen LogP contribution in [0.25, 0.3) is 0 Å². The normalized spacial score (nSPS) is 12.1. The van der Waals surface area contributed by atoms with E-state index in [1.807, 2.05) is 43.5 Å². The lowest BCUT2D eigenvalue weighted by molar-refractivity contribution is -0.120. The number of benzene rings is 1. The molecule has 0 aliphatic carbocycles. The Bertz CT molecular complexity index is 642. The number of nitrogens with zero attached hydrogens (tertiary/aromatic N) is 1. The summed E-state index contributed by atoms with van der Waals surface area (Å²) in [7, 11) is 0. The Hall–Kier alpha value is -1.76. The average Bonchev–Trinajstić information content (AvgIpc) is 3.02. The molecule has 2 rings (SSSR count). The number of rotatable bonds is 8. The Morgan fingerprint density at radius 3 is 2.83 bits per heavy atom. The smallest absolute Gasteiger partial charge is 0.226 e. The van der Waals surface area contributed by atoms with Gasteiger partial charge in [-0.25, -0.2) is 4.98 Å². The Morgan fingerprint density at radius 1 is 1.39 bits per heavy atom. The maximum atomic E-state index is 12.1. The third kappa shape index (κ3) is 5.13. The van der Waals surface area contributed by atoms with Crippen LogP contribution in [0.4, 0.5) is 0 Å². The van der Waals surface area contributed by atoms with Gasteiger partial charge in [-0.3, -0.25) is 4.79 Å².